The highest BCUT2D eigenvalue weighted by Crippen LogP contribution is 2.19. The molecule has 21 heavy (non-hydrogen) atoms. The van der Waals surface area contributed by atoms with Crippen LogP contribution in [0.15, 0.2) is 35.0 Å². The number of anilines is 1. The average Bonchev–Trinajstić information content (AvgIpc) is 2.85. The summed E-state index contributed by atoms with van der Waals surface area (Å²) in [4.78, 5) is 22.7. The molecule has 0 fully saturated rings. The van der Waals surface area contributed by atoms with Crippen molar-refractivity contribution in [3.8, 4) is 0 Å². The molecule has 1 aromatic heterocycles. The summed E-state index contributed by atoms with van der Waals surface area (Å²) >= 11 is 1.48. The molecular formula is C16H15NO3S. The first-order valence-electron chi connectivity index (χ1n) is 6.33. The minimum atomic E-state index is -1.00. The normalized spacial score (nSPS) is 10.8. The lowest BCUT2D eigenvalue weighted by atomic mass is 10.1. The highest BCUT2D eigenvalue weighted by atomic mass is 32.1. The highest BCUT2D eigenvalue weighted by molar-refractivity contribution is 7.08. The van der Waals surface area contributed by atoms with Crippen LogP contribution in [0.3, 0.4) is 0 Å². The van der Waals surface area contributed by atoms with Crippen molar-refractivity contribution in [1.29, 1.82) is 0 Å². The lowest BCUT2D eigenvalue weighted by Crippen LogP contribution is -2.12. The fourth-order valence-electron chi connectivity index (χ4n) is 1.85. The second-order valence-electron chi connectivity index (χ2n) is 4.67. The number of thiophene rings is 1. The number of carboxylic acid groups (broad SMARTS) is 1. The van der Waals surface area contributed by atoms with E-state index in [0.717, 1.165) is 22.8 Å². The number of carboxylic acids is 1. The third-order valence-corrected chi connectivity index (χ3v) is 3.90. The number of hydrogen-bond donors (Lipinski definition) is 2. The van der Waals surface area contributed by atoms with Crippen LogP contribution in [-0.2, 0) is 4.79 Å². The topological polar surface area (TPSA) is 66.4 Å². The number of carbonyl (C=O) groups excluding carboxylic acids is 1. The van der Waals surface area contributed by atoms with Gasteiger partial charge in [0.25, 0.3) is 5.91 Å². The van der Waals surface area contributed by atoms with Crippen LogP contribution in [0.2, 0.25) is 0 Å². The molecule has 1 heterocycles. The van der Waals surface area contributed by atoms with Crippen LogP contribution in [0.25, 0.3) is 6.08 Å². The number of aliphatic carboxylic acids is 1. The lowest BCUT2D eigenvalue weighted by molar-refractivity contribution is -0.131. The summed E-state index contributed by atoms with van der Waals surface area (Å²) in [6.07, 6.45) is 2.60. The first kappa shape index (κ1) is 15.0. The summed E-state index contributed by atoms with van der Waals surface area (Å²) in [6, 6.07) is 5.40. The van der Waals surface area contributed by atoms with Crippen molar-refractivity contribution in [2.45, 2.75) is 13.8 Å². The Morgan fingerprint density at radius 3 is 2.57 bits per heavy atom. The van der Waals surface area contributed by atoms with Crippen LogP contribution < -0.4 is 5.32 Å². The predicted octanol–water partition coefficient (Wildman–Crippen LogP) is 3.72. The number of nitrogens with one attached hydrogen (secondary N) is 1. The molecule has 0 atom stereocenters. The number of amides is 1. The van der Waals surface area contributed by atoms with Gasteiger partial charge in [0.15, 0.2) is 0 Å². The molecular weight excluding hydrogens is 286 g/mol. The van der Waals surface area contributed by atoms with Gasteiger partial charge in [0.05, 0.1) is 5.56 Å². The third-order valence-electron chi connectivity index (χ3n) is 3.04. The van der Waals surface area contributed by atoms with E-state index in [9.17, 15) is 9.59 Å². The molecule has 2 N–H and O–H groups in total. The Bertz CT molecular complexity index is 716. The van der Waals surface area contributed by atoms with Gasteiger partial charge in [-0.3, -0.25) is 4.79 Å². The van der Waals surface area contributed by atoms with Crippen molar-refractivity contribution in [2.24, 2.45) is 0 Å². The van der Waals surface area contributed by atoms with Gasteiger partial charge in [-0.15, -0.1) is 0 Å². The predicted molar refractivity (Wildman–Crippen MR) is 84.9 cm³/mol. The molecule has 1 amide bonds. The first-order valence-corrected chi connectivity index (χ1v) is 7.27. The van der Waals surface area contributed by atoms with Crippen LogP contribution in [0.5, 0.6) is 0 Å². The Kier molecular flexibility index (Phi) is 4.55. The van der Waals surface area contributed by atoms with E-state index < -0.39 is 5.97 Å². The first-order chi connectivity index (χ1) is 9.97. The minimum Gasteiger partial charge on any atom is -0.478 e. The SMILES string of the molecule is Cc1ccc(NC(=O)c2cscc2C)cc1C=CC(=O)O. The molecule has 0 aliphatic carbocycles. The molecule has 0 spiro atoms. The maximum Gasteiger partial charge on any atom is 0.328 e. The Balaban J connectivity index is 2.21. The Morgan fingerprint density at radius 1 is 1.19 bits per heavy atom. The fourth-order valence-corrected chi connectivity index (χ4v) is 2.68. The molecule has 0 unspecified atom stereocenters. The number of hydrogen-bond acceptors (Lipinski definition) is 3. The number of aryl methyl sites for hydroxylation is 2. The third kappa shape index (κ3) is 3.79. The molecule has 2 rings (SSSR count). The van der Waals surface area contributed by atoms with Crippen molar-refractivity contribution in [2.75, 3.05) is 5.32 Å². The summed E-state index contributed by atoms with van der Waals surface area (Å²) in [5, 5.41) is 15.2. The maximum atomic E-state index is 12.1. The number of rotatable bonds is 4. The molecule has 0 aliphatic heterocycles. The van der Waals surface area contributed by atoms with E-state index in [1.807, 2.05) is 30.7 Å². The van der Waals surface area contributed by atoms with E-state index in [-0.39, 0.29) is 5.91 Å². The molecule has 0 bridgehead atoms. The Morgan fingerprint density at radius 2 is 1.95 bits per heavy atom. The maximum absolute atomic E-state index is 12.1. The number of benzene rings is 1. The van der Waals surface area contributed by atoms with Crippen LogP contribution in [0.4, 0.5) is 5.69 Å². The summed E-state index contributed by atoms with van der Waals surface area (Å²) in [6.45, 7) is 3.78. The zero-order chi connectivity index (χ0) is 15.4. The average molecular weight is 301 g/mol. The van der Waals surface area contributed by atoms with Crippen LogP contribution >= 0.6 is 11.3 Å². The summed E-state index contributed by atoms with van der Waals surface area (Å²) in [7, 11) is 0. The molecule has 108 valence electrons. The van der Waals surface area contributed by atoms with E-state index >= 15 is 0 Å². The molecule has 0 radical (unpaired) electrons. The second-order valence-corrected chi connectivity index (χ2v) is 5.41. The molecule has 0 saturated carbocycles. The lowest BCUT2D eigenvalue weighted by Gasteiger charge is -2.08. The minimum absolute atomic E-state index is 0.161. The molecule has 1 aromatic carbocycles. The Labute approximate surface area is 126 Å². The van der Waals surface area contributed by atoms with Gasteiger partial charge in [-0.2, -0.15) is 11.3 Å². The van der Waals surface area contributed by atoms with Gasteiger partial charge in [-0.05, 0) is 54.1 Å². The van der Waals surface area contributed by atoms with Gasteiger partial charge in [0.1, 0.15) is 0 Å². The van der Waals surface area contributed by atoms with Crippen molar-refractivity contribution in [3.05, 3.63) is 57.3 Å². The van der Waals surface area contributed by atoms with Gasteiger partial charge in [-0.1, -0.05) is 6.07 Å². The molecule has 2 aromatic rings. The van der Waals surface area contributed by atoms with E-state index in [1.54, 1.807) is 12.1 Å². The second kappa shape index (κ2) is 6.37. The van der Waals surface area contributed by atoms with Crippen molar-refractivity contribution < 1.29 is 14.7 Å². The Hall–Kier alpha value is -2.40. The van der Waals surface area contributed by atoms with Gasteiger partial charge in [-0.25, -0.2) is 4.79 Å². The van der Waals surface area contributed by atoms with E-state index in [2.05, 4.69) is 5.32 Å². The zero-order valence-electron chi connectivity index (χ0n) is 11.7. The summed E-state index contributed by atoms with van der Waals surface area (Å²) in [5.41, 5.74) is 3.94. The summed E-state index contributed by atoms with van der Waals surface area (Å²) in [5.74, 6) is -1.16. The van der Waals surface area contributed by atoms with E-state index in [0.29, 0.717) is 11.3 Å². The standard InChI is InChI=1S/C16H15NO3S/c1-10-3-5-13(7-12(10)4-6-15(18)19)17-16(20)14-9-21-8-11(14)2/h3-9H,1-2H3,(H,17,20)(H,18,19). The van der Waals surface area contributed by atoms with Crippen molar-refractivity contribution in [3.63, 3.8) is 0 Å². The van der Waals surface area contributed by atoms with E-state index in [1.165, 1.54) is 17.4 Å². The van der Waals surface area contributed by atoms with E-state index in [4.69, 9.17) is 5.11 Å². The largest absolute Gasteiger partial charge is 0.478 e. The van der Waals surface area contributed by atoms with Crippen molar-refractivity contribution in [1.82, 2.24) is 0 Å². The van der Waals surface area contributed by atoms with Crippen LogP contribution in [-0.4, -0.2) is 17.0 Å². The van der Waals surface area contributed by atoms with Gasteiger partial charge in [0, 0.05) is 17.1 Å². The molecule has 4 nitrogen and oxygen atoms in total. The molecule has 0 saturated heterocycles. The monoisotopic (exact) mass is 301 g/mol. The van der Waals surface area contributed by atoms with Crippen molar-refractivity contribution >= 4 is 35.0 Å². The van der Waals surface area contributed by atoms with Crippen LogP contribution in [0.1, 0.15) is 27.0 Å². The molecule has 0 aliphatic rings. The van der Waals surface area contributed by atoms with Gasteiger partial charge in [0.2, 0.25) is 0 Å². The number of carbonyl (C=O) groups is 2. The smallest absolute Gasteiger partial charge is 0.328 e. The van der Waals surface area contributed by atoms with Crippen LogP contribution in [0, 0.1) is 13.8 Å². The zero-order valence-corrected chi connectivity index (χ0v) is 12.5. The van der Waals surface area contributed by atoms with Gasteiger partial charge < -0.3 is 10.4 Å². The van der Waals surface area contributed by atoms with Gasteiger partial charge >= 0.3 is 5.97 Å². The highest BCUT2D eigenvalue weighted by Gasteiger charge is 2.10. The molecule has 5 heteroatoms. The quantitative estimate of drug-likeness (QED) is 0.846. The fraction of sp³-hybridized carbons (Fsp3) is 0.125. The summed E-state index contributed by atoms with van der Waals surface area (Å²) < 4.78 is 0.